The Morgan fingerprint density at radius 1 is 1.33 bits per heavy atom. The van der Waals surface area contributed by atoms with Gasteiger partial charge in [-0.15, -0.1) is 0 Å². The Hall–Kier alpha value is -0.01000. The molecule has 0 fully saturated rings. The second-order valence-electron chi connectivity index (χ2n) is 2.27. The Morgan fingerprint density at radius 2 is 1.83 bits per heavy atom. The van der Waals surface area contributed by atoms with E-state index in [9.17, 15) is 4.79 Å². The molecule has 0 aliphatic rings. The van der Waals surface area contributed by atoms with Gasteiger partial charge in [0, 0.05) is 5.33 Å². The van der Waals surface area contributed by atoms with E-state index in [1.54, 1.807) is 0 Å². The molecule has 3 atom stereocenters. The normalized spacial score (nSPS) is 18.4. The summed E-state index contributed by atoms with van der Waals surface area (Å²) >= 11 is 2.85. The molecular formula is C6H11BrO5. The first-order chi connectivity index (χ1) is 5.54. The SMILES string of the molecule is O=C([C@@H](O)CO)[C@H](O)[C@H](O)CBr. The van der Waals surface area contributed by atoms with Gasteiger partial charge in [0.2, 0.25) is 0 Å². The molecule has 0 bridgehead atoms. The third kappa shape index (κ3) is 3.16. The summed E-state index contributed by atoms with van der Waals surface area (Å²) in [4.78, 5) is 10.8. The van der Waals surface area contributed by atoms with Crippen LogP contribution in [-0.2, 0) is 4.79 Å². The quantitative estimate of drug-likeness (QED) is 0.420. The van der Waals surface area contributed by atoms with Gasteiger partial charge < -0.3 is 20.4 Å². The standard InChI is InChI=1S/C6H11BrO5/c7-1-3(9)5(11)6(12)4(10)2-8/h3-5,8-11H,1-2H2/t3-,4+,5-/m1/s1. The third-order valence-electron chi connectivity index (χ3n) is 1.32. The van der Waals surface area contributed by atoms with Gasteiger partial charge in [-0.05, 0) is 0 Å². The molecule has 0 unspecified atom stereocenters. The van der Waals surface area contributed by atoms with Crippen LogP contribution in [0.5, 0.6) is 0 Å². The Kier molecular flexibility index (Phi) is 5.60. The number of alkyl halides is 1. The molecule has 0 saturated heterocycles. The molecule has 6 heteroatoms. The van der Waals surface area contributed by atoms with Crippen LogP contribution < -0.4 is 0 Å². The minimum Gasteiger partial charge on any atom is -0.393 e. The topological polar surface area (TPSA) is 98.0 Å². The molecule has 0 aromatic rings. The maximum atomic E-state index is 10.8. The number of hydrogen-bond donors (Lipinski definition) is 4. The summed E-state index contributed by atoms with van der Waals surface area (Å²) in [6, 6.07) is 0. The van der Waals surface area contributed by atoms with Crippen LogP contribution in [0.3, 0.4) is 0 Å². The summed E-state index contributed by atoms with van der Waals surface area (Å²) in [7, 11) is 0. The van der Waals surface area contributed by atoms with Crippen LogP contribution in [0.25, 0.3) is 0 Å². The van der Waals surface area contributed by atoms with E-state index in [2.05, 4.69) is 15.9 Å². The lowest BCUT2D eigenvalue weighted by Crippen LogP contribution is -2.42. The lowest BCUT2D eigenvalue weighted by atomic mass is 10.1. The van der Waals surface area contributed by atoms with Crippen LogP contribution in [0.4, 0.5) is 0 Å². The van der Waals surface area contributed by atoms with E-state index in [-0.39, 0.29) is 5.33 Å². The molecule has 12 heavy (non-hydrogen) atoms. The van der Waals surface area contributed by atoms with Crippen LogP contribution in [0.15, 0.2) is 0 Å². The first-order valence-electron chi connectivity index (χ1n) is 3.29. The summed E-state index contributed by atoms with van der Waals surface area (Å²) < 4.78 is 0. The van der Waals surface area contributed by atoms with Crippen LogP contribution in [0.2, 0.25) is 0 Å². The number of hydrogen-bond acceptors (Lipinski definition) is 5. The molecule has 0 rings (SSSR count). The van der Waals surface area contributed by atoms with Crippen molar-refractivity contribution >= 4 is 21.7 Å². The number of ketones is 1. The van der Waals surface area contributed by atoms with Crippen molar-refractivity contribution in [3.63, 3.8) is 0 Å². The van der Waals surface area contributed by atoms with E-state index in [4.69, 9.17) is 20.4 Å². The molecule has 0 saturated carbocycles. The Labute approximate surface area is 77.8 Å². The molecule has 0 aliphatic heterocycles. The molecule has 0 amide bonds. The predicted molar refractivity (Wildman–Crippen MR) is 43.9 cm³/mol. The smallest absolute Gasteiger partial charge is 0.194 e. The summed E-state index contributed by atoms with van der Waals surface area (Å²) in [5.74, 6) is -0.982. The highest BCUT2D eigenvalue weighted by Gasteiger charge is 2.28. The van der Waals surface area contributed by atoms with Crippen LogP contribution >= 0.6 is 15.9 Å². The van der Waals surface area contributed by atoms with Gasteiger partial charge in [0.1, 0.15) is 12.2 Å². The number of carbonyl (C=O) groups is 1. The van der Waals surface area contributed by atoms with Gasteiger partial charge in [0.15, 0.2) is 5.78 Å². The molecular weight excluding hydrogens is 232 g/mol. The van der Waals surface area contributed by atoms with E-state index in [0.29, 0.717) is 0 Å². The molecule has 0 aliphatic carbocycles. The number of carbonyl (C=O) groups excluding carboxylic acids is 1. The molecule has 0 aromatic carbocycles. The monoisotopic (exact) mass is 242 g/mol. The summed E-state index contributed by atoms with van der Waals surface area (Å²) in [6.45, 7) is -0.759. The number of aliphatic hydroxyl groups excluding tert-OH is 4. The molecule has 0 heterocycles. The second kappa shape index (κ2) is 5.60. The number of rotatable bonds is 5. The van der Waals surface area contributed by atoms with Gasteiger partial charge in [0.25, 0.3) is 0 Å². The van der Waals surface area contributed by atoms with Crippen molar-refractivity contribution in [2.24, 2.45) is 0 Å². The van der Waals surface area contributed by atoms with Gasteiger partial charge in [-0.2, -0.15) is 0 Å². The zero-order valence-corrected chi connectivity index (χ0v) is 7.81. The maximum absolute atomic E-state index is 10.8. The van der Waals surface area contributed by atoms with Crippen molar-refractivity contribution in [3.8, 4) is 0 Å². The summed E-state index contributed by atoms with van der Waals surface area (Å²) in [5, 5.41) is 35.0. The number of aliphatic hydroxyl groups is 4. The number of Topliss-reactive ketones (excluding diaryl/α,β-unsaturated/α-hetero) is 1. The fraction of sp³-hybridized carbons (Fsp3) is 0.833. The number of halogens is 1. The van der Waals surface area contributed by atoms with Crippen molar-refractivity contribution in [1.29, 1.82) is 0 Å². The van der Waals surface area contributed by atoms with Crippen LogP contribution in [0.1, 0.15) is 0 Å². The van der Waals surface area contributed by atoms with E-state index in [1.165, 1.54) is 0 Å². The molecule has 72 valence electrons. The molecule has 0 radical (unpaired) electrons. The van der Waals surface area contributed by atoms with E-state index < -0.39 is 30.7 Å². The molecule has 5 nitrogen and oxygen atoms in total. The fourth-order valence-corrected chi connectivity index (χ4v) is 0.915. The van der Waals surface area contributed by atoms with E-state index in [1.807, 2.05) is 0 Å². The zero-order valence-electron chi connectivity index (χ0n) is 6.22. The van der Waals surface area contributed by atoms with Gasteiger partial charge in [-0.1, -0.05) is 15.9 Å². The van der Waals surface area contributed by atoms with Crippen molar-refractivity contribution in [1.82, 2.24) is 0 Å². The highest BCUT2D eigenvalue weighted by atomic mass is 79.9. The average Bonchev–Trinajstić information content (AvgIpc) is 2.12. The third-order valence-corrected chi connectivity index (χ3v) is 1.98. The van der Waals surface area contributed by atoms with Crippen molar-refractivity contribution in [2.45, 2.75) is 18.3 Å². The van der Waals surface area contributed by atoms with Crippen LogP contribution in [-0.4, -0.2) is 56.5 Å². The van der Waals surface area contributed by atoms with Crippen molar-refractivity contribution in [3.05, 3.63) is 0 Å². The lowest BCUT2D eigenvalue weighted by molar-refractivity contribution is -0.142. The minimum absolute atomic E-state index is 0.0258. The van der Waals surface area contributed by atoms with Crippen molar-refractivity contribution < 1.29 is 25.2 Å². The minimum atomic E-state index is -1.66. The van der Waals surface area contributed by atoms with Crippen molar-refractivity contribution in [2.75, 3.05) is 11.9 Å². The Balaban J connectivity index is 4.09. The Morgan fingerprint density at radius 3 is 2.17 bits per heavy atom. The predicted octanol–water partition coefficient (Wildman–Crippen LogP) is -1.97. The van der Waals surface area contributed by atoms with Gasteiger partial charge in [-0.3, -0.25) is 4.79 Å². The Bertz CT molecular complexity index is 151. The highest BCUT2D eigenvalue weighted by Crippen LogP contribution is 2.01. The largest absolute Gasteiger partial charge is 0.393 e. The first-order valence-corrected chi connectivity index (χ1v) is 4.41. The zero-order chi connectivity index (χ0) is 9.72. The van der Waals surface area contributed by atoms with Gasteiger partial charge in [-0.25, -0.2) is 0 Å². The highest BCUT2D eigenvalue weighted by molar-refractivity contribution is 9.09. The molecule has 4 N–H and O–H groups in total. The summed E-state index contributed by atoms with van der Waals surface area (Å²) in [5.41, 5.74) is 0. The second-order valence-corrected chi connectivity index (χ2v) is 2.91. The molecule has 0 spiro atoms. The maximum Gasteiger partial charge on any atom is 0.194 e. The fourth-order valence-electron chi connectivity index (χ4n) is 0.561. The average molecular weight is 243 g/mol. The van der Waals surface area contributed by atoms with E-state index in [0.717, 1.165) is 0 Å². The van der Waals surface area contributed by atoms with Gasteiger partial charge in [0.05, 0.1) is 12.7 Å². The van der Waals surface area contributed by atoms with Gasteiger partial charge >= 0.3 is 0 Å². The molecule has 0 aromatic heterocycles. The summed E-state index contributed by atoms with van der Waals surface area (Å²) in [6.07, 6.45) is -4.56. The first kappa shape index (κ1) is 12.0. The van der Waals surface area contributed by atoms with Crippen LogP contribution in [0, 0.1) is 0 Å². The lowest BCUT2D eigenvalue weighted by Gasteiger charge is -2.16. The van der Waals surface area contributed by atoms with E-state index >= 15 is 0 Å².